The Morgan fingerprint density at radius 2 is 0.967 bits per heavy atom. The van der Waals surface area contributed by atoms with Gasteiger partial charge in [0, 0.05) is 56.6 Å². The summed E-state index contributed by atoms with van der Waals surface area (Å²) < 4.78 is 2.56. The van der Waals surface area contributed by atoms with Gasteiger partial charge in [-0.15, -0.1) is 0 Å². The van der Waals surface area contributed by atoms with Gasteiger partial charge in [-0.2, -0.15) is 0 Å². The molecule has 6 heteroatoms. The molecule has 0 N–H and O–H groups in total. The molecule has 60 heavy (non-hydrogen) atoms. The third-order valence-electron chi connectivity index (χ3n) is 12.9. The van der Waals surface area contributed by atoms with Crippen LogP contribution in [0.5, 0.6) is 0 Å². The van der Waals surface area contributed by atoms with E-state index in [4.69, 9.17) is 0 Å². The molecule has 3 aliphatic heterocycles. The molecule has 4 nitrogen and oxygen atoms in total. The molecule has 0 saturated heterocycles. The summed E-state index contributed by atoms with van der Waals surface area (Å²) in [6.07, 6.45) is 0. The number of hydrogen-bond acceptors (Lipinski definition) is 3. The second-order valence-corrected chi connectivity index (χ2v) is 20.8. The summed E-state index contributed by atoms with van der Waals surface area (Å²) in [5, 5.41) is 4.44. The van der Waals surface area contributed by atoms with Gasteiger partial charge in [0.2, 0.25) is 6.71 Å². The van der Waals surface area contributed by atoms with Crippen LogP contribution in [0.2, 0.25) is 13.1 Å². The summed E-state index contributed by atoms with van der Waals surface area (Å²) >= 11 is 0. The highest BCUT2D eigenvalue weighted by Gasteiger charge is 2.55. The molecule has 0 unspecified atom stereocenters. The average Bonchev–Trinajstić information content (AvgIpc) is 3.77. The van der Waals surface area contributed by atoms with Gasteiger partial charge in [0.15, 0.2) is 0 Å². The van der Waals surface area contributed by atoms with Gasteiger partial charge in [0.1, 0.15) is 8.07 Å². The van der Waals surface area contributed by atoms with Crippen LogP contribution in [0, 0.1) is 0 Å². The molecule has 12 rings (SSSR count). The third-order valence-corrected chi connectivity index (χ3v) is 16.5. The van der Waals surface area contributed by atoms with E-state index in [-0.39, 0.29) is 6.71 Å². The van der Waals surface area contributed by atoms with Crippen molar-refractivity contribution in [3.8, 4) is 5.69 Å². The molecule has 284 valence electrons. The lowest BCUT2D eigenvalue weighted by molar-refractivity contribution is 1.09. The zero-order chi connectivity index (χ0) is 40.0. The number of benzene rings is 8. The molecule has 0 spiro atoms. The zero-order valence-corrected chi connectivity index (χ0v) is 34.6. The molecule has 0 radical (unpaired) electrons. The van der Waals surface area contributed by atoms with Crippen LogP contribution in [0.4, 0.5) is 45.5 Å². The highest BCUT2D eigenvalue weighted by atomic mass is 28.3. The van der Waals surface area contributed by atoms with Crippen molar-refractivity contribution in [1.82, 2.24) is 4.57 Å². The van der Waals surface area contributed by atoms with Gasteiger partial charge in [0.05, 0.1) is 16.9 Å². The first-order valence-electron chi connectivity index (χ1n) is 20.9. The Balaban J connectivity index is 1.19. The van der Waals surface area contributed by atoms with E-state index in [9.17, 15) is 0 Å². The first-order chi connectivity index (χ1) is 29.6. The van der Waals surface area contributed by atoms with Crippen molar-refractivity contribution < 1.29 is 0 Å². The minimum absolute atomic E-state index is 0.0501. The predicted octanol–water partition coefficient (Wildman–Crippen LogP) is 12.1. The van der Waals surface area contributed by atoms with Crippen molar-refractivity contribution in [2.24, 2.45) is 0 Å². The molecule has 9 aromatic rings. The molecule has 0 bridgehead atoms. The second kappa shape index (κ2) is 13.4. The highest BCUT2D eigenvalue weighted by molar-refractivity contribution is 7.17. The number of rotatable bonds is 6. The number of para-hydroxylation sites is 6. The number of anilines is 8. The van der Waals surface area contributed by atoms with Crippen molar-refractivity contribution in [3.05, 3.63) is 223 Å². The summed E-state index contributed by atoms with van der Waals surface area (Å²) in [6, 6.07) is 77.8. The first-order valence-corrected chi connectivity index (χ1v) is 23.9. The van der Waals surface area contributed by atoms with E-state index in [1.807, 2.05) is 0 Å². The van der Waals surface area contributed by atoms with Gasteiger partial charge in [0.25, 0.3) is 0 Å². The summed E-state index contributed by atoms with van der Waals surface area (Å²) in [6.45, 7) is 5.27. The maximum absolute atomic E-state index is 2.61. The Labute approximate surface area is 352 Å². The molecule has 8 aromatic carbocycles. The Hall–Kier alpha value is -7.28. The summed E-state index contributed by atoms with van der Waals surface area (Å²) in [4.78, 5) is 7.52. The monoisotopic (exact) mass is 784 g/mol. The predicted molar refractivity (Wildman–Crippen MR) is 257 cm³/mol. The van der Waals surface area contributed by atoms with E-state index < -0.39 is 8.07 Å². The summed E-state index contributed by atoms with van der Waals surface area (Å²) in [5.74, 6) is 0. The van der Waals surface area contributed by atoms with Gasteiger partial charge >= 0.3 is 0 Å². The second-order valence-electron chi connectivity index (χ2n) is 16.5. The maximum atomic E-state index is 2.61. The minimum atomic E-state index is -2.44. The molecule has 0 amide bonds. The zero-order valence-electron chi connectivity index (χ0n) is 33.6. The smallest absolute Gasteiger partial charge is 0.244 e. The minimum Gasteiger partial charge on any atom is -0.311 e. The third kappa shape index (κ3) is 4.98. The van der Waals surface area contributed by atoms with Crippen molar-refractivity contribution in [2.45, 2.75) is 13.1 Å². The molecular formula is C54H41BN4Si. The van der Waals surface area contributed by atoms with Gasteiger partial charge < -0.3 is 19.3 Å². The van der Waals surface area contributed by atoms with Gasteiger partial charge in [-0.05, 0) is 107 Å². The first kappa shape index (κ1) is 34.7. The molecule has 3 aliphatic rings. The number of fused-ring (bicyclic) bond motifs is 7. The molecular weight excluding hydrogens is 744 g/mol. The van der Waals surface area contributed by atoms with E-state index in [1.54, 1.807) is 5.10 Å². The number of hydrogen-bond donors (Lipinski definition) is 0. The van der Waals surface area contributed by atoms with Gasteiger partial charge in [-0.1, -0.05) is 140 Å². The average molecular weight is 785 g/mol. The Bertz CT molecular complexity index is 3090. The van der Waals surface area contributed by atoms with Crippen molar-refractivity contribution in [3.63, 3.8) is 0 Å². The number of aromatic nitrogens is 1. The van der Waals surface area contributed by atoms with Crippen LogP contribution in [0.1, 0.15) is 5.69 Å². The van der Waals surface area contributed by atoms with Crippen LogP contribution in [0.3, 0.4) is 0 Å². The van der Waals surface area contributed by atoms with E-state index in [2.05, 4.69) is 245 Å². The van der Waals surface area contributed by atoms with Gasteiger partial charge in [-0.25, -0.2) is 0 Å². The normalized spacial score (nSPS) is 14.5. The lowest BCUT2D eigenvalue weighted by atomic mass is 9.36. The van der Waals surface area contributed by atoms with Crippen LogP contribution in [-0.4, -0.2) is 19.4 Å². The van der Waals surface area contributed by atoms with Crippen molar-refractivity contribution in [1.29, 1.82) is 0 Å². The van der Waals surface area contributed by atoms with E-state index >= 15 is 0 Å². The molecule has 0 aliphatic carbocycles. The molecule has 0 saturated carbocycles. The van der Waals surface area contributed by atoms with E-state index in [1.165, 1.54) is 66.8 Å². The van der Waals surface area contributed by atoms with E-state index in [0.717, 1.165) is 22.7 Å². The standard InChI is InChI=1S/C54H41BN4Si/c1-60(2)53-44-31-18-19-32-46(44)58(41-27-14-6-15-28-41)51(53)52-54(60)55-45-36-35-43(56(38-21-8-3-9-22-38)39-23-10-4-11-24-39)37-49(45)57(40-25-12-5-13-26-40)47-33-20-34-48(50(47)55)59(52)42-29-16-7-17-30-42/h3-37H,1-2H3. The van der Waals surface area contributed by atoms with Crippen LogP contribution in [0.15, 0.2) is 217 Å². The van der Waals surface area contributed by atoms with Crippen molar-refractivity contribution >= 4 is 93.0 Å². The molecule has 0 fully saturated rings. The molecule has 1 aromatic heterocycles. The lowest BCUT2D eigenvalue weighted by Crippen LogP contribution is -2.60. The van der Waals surface area contributed by atoms with Crippen LogP contribution in [-0.2, 0) is 0 Å². The SMILES string of the molecule is C[Si]1(C)C2=C(c3c1c1ccccc1n3-c1ccccc1)N(c1ccccc1)c1cccc3c1B2c1ccc(N(c2ccccc2)c2ccccc2)cc1N3c1ccccc1. The summed E-state index contributed by atoms with van der Waals surface area (Å²) in [5.41, 5.74) is 17.2. The fourth-order valence-electron chi connectivity index (χ4n) is 10.6. The Kier molecular flexibility index (Phi) is 7.75. The Morgan fingerprint density at radius 1 is 0.450 bits per heavy atom. The summed E-state index contributed by atoms with van der Waals surface area (Å²) in [7, 11) is -2.44. The molecule has 0 atom stereocenters. The van der Waals surface area contributed by atoms with Crippen molar-refractivity contribution in [2.75, 3.05) is 14.7 Å². The highest BCUT2D eigenvalue weighted by Crippen LogP contribution is 2.52. The number of nitrogens with zero attached hydrogens (tertiary/aromatic N) is 4. The van der Waals surface area contributed by atoms with Gasteiger partial charge in [-0.3, -0.25) is 0 Å². The van der Waals surface area contributed by atoms with Crippen LogP contribution in [0.25, 0.3) is 22.3 Å². The fourth-order valence-corrected chi connectivity index (χ4v) is 14.4. The van der Waals surface area contributed by atoms with E-state index in [0.29, 0.717) is 0 Å². The maximum Gasteiger partial charge on any atom is 0.244 e. The molecule has 4 heterocycles. The van der Waals surface area contributed by atoms with Crippen LogP contribution >= 0.6 is 0 Å². The quantitative estimate of drug-likeness (QED) is 0.156. The lowest BCUT2D eigenvalue weighted by Gasteiger charge is -2.46. The Morgan fingerprint density at radius 3 is 1.58 bits per heavy atom. The largest absolute Gasteiger partial charge is 0.311 e. The fraction of sp³-hybridized carbons (Fsp3) is 0.0370. The van der Waals surface area contributed by atoms with Crippen LogP contribution < -0.4 is 30.8 Å². The topological polar surface area (TPSA) is 14.7 Å².